The molecule has 0 aliphatic heterocycles. The first-order valence-corrected chi connectivity index (χ1v) is 7.51. The number of rotatable bonds is 6. The van der Waals surface area contributed by atoms with Crippen molar-refractivity contribution < 1.29 is 13.2 Å². The summed E-state index contributed by atoms with van der Waals surface area (Å²) in [4.78, 5) is 0. The highest BCUT2D eigenvalue weighted by Crippen LogP contribution is 2.25. The summed E-state index contributed by atoms with van der Waals surface area (Å²) in [7, 11) is 0. The molecule has 0 bridgehead atoms. The van der Waals surface area contributed by atoms with Crippen LogP contribution in [0.5, 0.6) is 0 Å². The van der Waals surface area contributed by atoms with Crippen LogP contribution in [-0.4, -0.2) is 20.3 Å². The predicted molar refractivity (Wildman–Crippen MR) is 51.4 cm³/mol. The van der Waals surface area contributed by atoms with Crippen LogP contribution in [0.1, 0.15) is 33.1 Å². The van der Waals surface area contributed by atoms with Crippen molar-refractivity contribution in [2.75, 3.05) is 0 Å². The van der Waals surface area contributed by atoms with Crippen LogP contribution < -0.4 is 0 Å². The van der Waals surface area contributed by atoms with Gasteiger partial charge in [-0.15, -0.1) is 0 Å². The third-order valence-corrected chi connectivity index (χ3v) is 6.12. The molecule has 4 heteroatoms. The fourth-order valence-electron chi connectivity index (χ4n) is 1.62. The van der Waals surface area contributed by atoms with Crippen LogP contribution in [0.15, 0.2) is 0 Å². The van der Waals surface area contributed by atoms with Gasteiger partial charge in [0.15, 0.2) is 0 Å². The van der Waals surface area contributed by atoms with E-state index in [0.29, 0.717) is 5.28 Å². The van der Waals surface area contributed by atoms with Crippen LogP contribution >= 0.6 is 0 Å². The third kappa shape index (κ3) is 8.65. The molecule has 0 aliphatic carbocycles. The zero-order chi connectivity index (χ0) is 10.3. The highest BCUT2D eigenvalue weighted by Gasteiger charge is 2.29. The molecule has 0 saturated carbocycles. The van der Waals surface area contributed by atoms with E-state index in [9.17, 15) is 13.2 Å². The molecule has 0 heterocycles. The van der Waals surface area contributed by atoms with E-state index in [1.165, 1.54) is 0 Å². The van der Waals surface area contributed by atoms with Crippen LogP contribution in [0.2, 0.25) is 15.8 Å². The summed E-state index contributed by atoms with van der Waals surface area (Å²) >= 11 is -1.05. The summed E-state index contributed by atoms with van der Waals surface area (Å²) in [6.45, 7) is 4.12. The van der Waals surface area contributed by atoms with E-state index in [-0.39, 0.29) is 0 Å². The third-order valence-electron chi connectivity index (χ3n) is 2.23. The molecule has 0 fully saturated rings. The van der Waals surface area contributed by atoms with E-state index in [0.717, 1.165) is 23.4 Å². The molecule has 0 aromatic carbocycles. The van der Waals surface area contributed by atoms with Crippen LogP contribution in [0.3, 0.4) is 0 Å². The second-order valence-electron chi connectivity index (χ2n) is 3.60. The Morgan fingerprint density at radius 3 is 1.69 bits per heavy atom. The minimum absolute atomic E-state index is 0.450. The maximum Gasteiger partial charge on any atom is 0.387 e. The van der Waals surface area contributed by atoms with Crippen molar-refractivity contribution in [2.45, 2.75) is 55.1 Å². The molecular weight excluding hydrogens is 192 g/mol. The molecule has 0 aromatic rings. The van der Waals surface area contributed by atoms with Gasteiger partial charge in [-0.3, -0.25) is 0 Å². The Kier molecular flexibility index (Phi) is 6.90. The smallest absolute Gasteiger partial charge is 0.171 e. The predicted octanol–water partition coefficient (Wildman–Crippen LogP) is 4.25. The molecule has 0 rings (SSSR count). The van der Waals surface area contributed by atoms with Crippen LogP contribution in [0.25, 0.3) is 0 Å². The van der Waals surface area contributed by atoms with E-state index in [1.807, 2.05) is 0 Å². The Bertz CT molecular complexity index is 117. The first-order valence-electron chi connectivity index (χ1n) is 5.06. The number of halogens is 3. The van der Waals surface area contributed by atoms with E-state index >= 15 is 0 Å². The highest BCUT2D eigenvalue weighted by molar-refractivity contribution is 6.58. The van der Waals surface area contributed by atoms with Gasteiger partial charge in [-0.1, -0.05) is 42.5 Å². The maximum atomic E-state index is 11.9. The largest absolute Gasteiger partial charge is 0.387 e. The minimum atomic E-state index is -3.94. The molecule has 0 spiro atoms. The van der Waals surface area contributed by atoms with Crippen molar-refractivity contribution >= 4 is 14.1 Å². The number of hydrogen-bond acceptors (Lipinski definition) is 0. The summed E-state index contributed by atoms with van der Waals surface area (Å²) in [5.74, 6) is 0. The number of hydrogen-bond donors (Lipinski definition) is 0. The Balaban J connectivity index is 3.68. The molecule has 0 saturated heterocycles. The number of alkyl halides is 3. The molecule has 0 unspecified atom stereocenters. The van der Waals surface area contributed by atoms with Gasteiger partial charge in [0.2, 0.25) is 0 Å². The lowest BCUT2D eigenvalue weighted by atomic mass is 10.5. The monoisotopic (exact) mass is 210 g/mol. The summed E-state index contributed by atoms with van der Waals surface area (Å²) in [5, 5.41) is 2.60. The van der Waals surface area contributed by atoms with Crippen molar-refractivity contribution in [1.29, 1.82) is 0 Å². The normalized spacial score (nSPS) is 11.8. The van der Waals surface area contributed by atoms with Gasteiger partial charge in [-0.05, 0) is 0 Å². The first kappa shape index (κ1) is 13.3. The SMILES string of the molecule is CC[CH2][Al]([CH2]CC)[CH2]CC(F)(F)F. The van der Waals surface area contributed by atoms with E-state index in [1.54, 1.807) is 0 Å². The standard InChI is InChI=1S/C3H4F3.2C3H7.Al/c1-2-3(4,5)6;2*1-3-2;/h1-2H2;2*1,3H2,2H3;. The summed E-state index contributed by atoms with van der Waals surface area (Å²) in [6, 6.07) is 0. The Hall–Kier alpha value is 0.322. The van der Waals surface area contributed by atoms with Crippen LogP contribution in [-0.2, 0) is 0 Å². The topological polar surface area (TPSA) is 0 Å². The molecule has 13 heavy (non-hydrogen) atoms. The zero-order valence-corrected chi connectivity index (χ0v) is 9.61. The van der Waals surface area contributed by atoms with Crippen molar-refractivity contribution in [3.63, 3.8) is 0 Å². The quantitative estimate of drug-likeness (QED) is 0.575. The first-order chi connectivity index (χ1) is 5.99. The lowest BCUT2D eigenvalue weighted by molar-refractivity contribution is -0.130. The molecule has 0 amide bonds. The average molecular weight is 210 g/mol. The summed E-state index contributed by atoms with van der Waals surface area (Å²) < 4.78 is 35.8. The zero-order valence-electron chi connectivity index (χ0n) is 8.45. The lowest BCUT2D eigenvalue weighted by Crippen LogP contribution is -2.16. The highest BCUT2D eigenvalue weighted by atomic mass is 27.2. The van der Waals surface area contributed by atoms with E-state index in [2.05, 4.69) is 13.8 Å². The molecule has 0 radical (unpaired) electrons. The maximum absolute atomic E-state index is 11.9. The van der Waals surface area contributed by atoms with Gasteiger partial charge in [0.25, 0.3) is 14.1 Å². The molecule has 0 aromatic heterocycles. The van der Waals surface area contributed by atoms with Gasteiger partial charge in [-0.2, -0.15) is 13.2 Å². The molecule has 0 atom stereocenters. The van der Waals surface area contributed by atoms with Gasteiger partial charge in [0.1, 0.15) is 0 Å². The molecule has 78 valence electrons. The Morgan fingerprint density at radius 2 is 1.38 bits per heavy atom. The molecule has 0 nitrogen and oxygen atoms in total. The van der Waals surface area contributed by atoms with Gasteiger partial charge in [0.05, 0.1) is 0 Å². The molecule has 0 aliphatic rings. The van der Waals surface area contributed by atoms with Crippen molar-refractivity contribution in [3.05, 3.63) is 0 Å². The van der Waals surface area contributed by atoms with Gasteiger partial charge < -0.3 is 0 Å². The van der Waals surface area contributed by atoms with E-state index < -0.39 is 26.7 Å². The summed E-state index contributed by atoms with van der Waals surface area (Å²) in [5.41, 5.74) is 0. The second kappa shape index (κ2) is 6.73. The van der Waals surface area contributed by atoms with Gasteiger partial charge >= 0.3 is 6.18 Å². The Labute approximate surface area is 82.9 Å². The average Bonchev–Trinajstić information content (AvgIpc) is 2.00. The second-order valence-corrected chi connectivity index (χ2v) is 7.06. The molecular formula is C9H18AlF3. The van der Waals surface area contributed by atoms with Crippen molar-refractivity contribution in [2.24, 2.45) is 0 Å². The fraction of sp³-hybridized carbons (Fsp3) is 1.00. The van der Waals surface area contributed by atoms with Gasteiger partial charge in [0, 0.05) is 6.42 Å². The van der Waals surface area contributed by atoms with Crippen molar-refractivity contribution in [3.8, 4) is 0 Å². The summed E-state index contributed by atoms with van der Waals surface area (Å²) in [6.07, 6.45) is -2.39. The van der Waals surface area contributed by atoms with Crippen molar-refractivity contribution in [1.82, 2.24) is 0 Å². The van der Waals surface area contributed by atoms with Crippen LogP contribution in [0, 0.1) is 0 Å². The molecule has 0 N–H and O–H groups in total. The van der Waals surface area contributed by atoms with E-state index in [4.69, 9.17) is 0 Å². The van der Waals surface area contributed by atoms with Crippen LogP contribution in [0.4, 0.5) is 13.2 Å². The fourth-order valence-corrected chi connectivity index (χ4v) is 4.85. The van der Waals surface area contributed by atoms with Gasteiger partial charge in [-0.25, -0.2) is 0 Å². The lowest BCUT2D eigenvalue weighted by Gasteiger charge is -2.11. The Morgan fingerprint density at radius 1 is 0.923 bits per heavy atom. The minimum Gasteiger partial charge on any atom is -0.171 e.